The van der Waals surface area contributed by atoms with Crippen LogP contribution < -0.4 is 20.3 Å². The topological polar surface area (TPSA) is 120 Å². The van der Waals surface area contributed by atoms with Crippen LogP contribution in [-0.4, -0.2) is 29.4 Å². The molecule has 0 aromatic heterocycles. The summed E-state index contributed by atoms with van der Waals surface area (Å²) in [5, 5.41) is 11.1. The zero-order valence-corrected chi connectivity index (χ0v) is 16.8. The van der Waals surface area contributed by atoms with Gasteiger partial charge in [0.1, 0.15) is 11.5 Å². The number of hydrazine groups is 1. The van der Waals surface area contributed by atoms with Gasteiger partial charge in [-0.2, -0.15) is 0 Å². The van der Waals surface area contributed by atoms with Gasteiger partial charge in [0.25, 0.3) is 17.5 Å². The Balaban J connectivity index is 1.76. The monoisotopic (exact) mass is 471 g/mol. The molecule has 2 aromatic carbocycles. The van der Waals surface area contributed by atoms with Crippen LogP contribution in [0.15, 0.2) is 46.9 Å². The van der Waals surface area contributed by atoms with E-state index < -0.39 is 29.4 Å². The second-order valence-corrected chi connectivity index (χ2v) is 6.70. The number of hydrogen-bond donors (Lipinski definition) is 2. The molecule has 2 N–H and O–H groups in total. The van der Waals surface area contributed by atoms with E-state index in [2.05, 4.69) is 26.8 Å². The van der Waals surface area contributed by atoms with Crippen LogP contribution in [0.2, 0.25) is 5.02 Å². The molecule has 0 aliphatic carbocycles. The van der Waals surface area contributed by atoms with E-state index in [-0.39, 0.29) is 11.4 Å². The number of nitro benzene ring substituents is 1. The van der Waals surface area contributed by atoms with E-state index in [1.807, 2.05) is 0 Å². The van der Waals surface area contributed by atoms with Crippen molar-refractivity contribution in [3.63, 3.8) is 0 Å². The number of nitrogens with one attached hydrogen (secondary N) is 2. The number of benzene rings is 2. The largest absolute Gasteiger partial charge is 0.484 e. The predicted molar refractivity (Wildman–Crippen MR) is 104 cm³/mol. The Morgan fingerprint density at radius 2 is 1.89 bits per heavy atom. The van der Waals surface area contributed by atoms with Crippen LogP contribution in [0.4, 0.5) is 5.69 Å². The maximum atomic E-state index is 12.0. The zero-order chi connectivity index (χ0) is 20.7. The summed E-state index contributed by atoms with van der Waals surface area (Å²) in [6.07, 6.45) is -0.895. The average molecular weight is 473 g/mol. The Morgan fingerprint density at radius 3 is 2.50 bits per heavy atom. The number of hydrogen-bond acceptors (Lipinski definition) is 6. The summed E-state index contributed by atoms with van der Waals surface area (Å²) in [6, 6.07) is 10.1. The molecule has 11 heteroatoms. The van der Waals surface area contributed by atoms with Gasteiger partial charge in [-0.05, 0) is 53.2 Å². The zero-order valence-electron chi connectivity index (χ0n) is 14.5. The lowest BCUT2D eigenvalue weighted by Crippen LogP contribution is -2.48. The first kappa shape index (κ1) is 21.5. The molecule has 0 heterocycles. The Hall–Kier alpha value is -2.85. The molecule has 0 saturated heterocycles. The van der Waals surface area contributed by atoms with E-state index in [0.717, 1.165) is 0 Å². The number of amides is 2. The predicted octanol–water partition coefficient (Wildman–Crippen LogP) is 3.00. The number of ether oxygens (including phenoxy) is 2. The highest BCUT2D eigenvalue weighted by molar-refractivity contribution is 9.10. The SMILES string of the molecule is CC(Oc1ccc(Cl)cc1Br)C(=O)NNC(=O)COc1ccc([N+](=O)[O-])cc1. The molecule has 28 heavy (non-hydrogen) atoms. The van der Waals surface area contributed by atoms with E-state index >= 15 is 0 Å². The first-order valence-electron chi connectivity index (χ1n) is 7.84. The number of halogens is 2. The molecule has 0 saturated carbocycles. The van der Waals surface area contributed by atoms with Gasteiger partial charge >= 0.3 is 0 Å². The van der Waals surface area contributed by atoms with Crippen molar-refractivity contribution in [3.8, 4) is 11.5 Å². The van der Waals surface area contributed by atoms with Crippen LogP contribution in [0.3, 0.4) is 0 Å². The molecule has 0 spiro atoms. The summed E-state index contributed by atoms with van der Waals surface area (Å²) in [5.41, 5.74) is 4.32. The molecule has 0 aliphatic rings. The van der Waals surface area contributed by atoms with Crippen LogP contribution in [0.1, 0.15) is 6.92 Å². The van der Waals surface area contributed by atoms with E-state index in [9.17, 15) is 19.7 Å². The van der Waals surface area contributed by atoms with E-state index in [4.69, 9.17) is 21.1 Å². The number of carbonyl (C=O) groups excluding carboxylic acids is 2. The molecule has 2 aromatic rings. The first-order valence-corrected chi connectivity index (χ1v) is 9.01. The molecule has 0 fully saturated rings. The van der Waals surface area contributed by atoms with Gasteiger partial charge in [0, 0.05) is 17.2 Å². The van der Waals surface area contributed by atoms with Crippen LogP contribution in [0.5, 0.6) is 11.5 Å². The summed E-state index contributed by atoms with van der Waals surface area (Å²) in [5.74, 6) is -0.506. The molecule has 9 nitrogen and oxygen atoms in total. The fourth-order valence-electron chi connectivity index (χ4n) is 1.90. The maximum Gasteiger partial charge on any atom is 0.279 e. The molecule has 0 bridgehead atoms. The summed E-state index contributed by atoms with van der Waals surface area (Å²) in [4.78, 5) is 33.8. The minimum atomic E-state index is -0.895. The fraction of sp³-hybridized carbons (Fsp3) is 0.176. The molecule has 1 unspecified atom stereocenters. The van der Waals surface area contributed by atoms with Crippen molar-refractivity contribution in [2.75, 3.05) is 6.61 Å². The third kappa shape index (κ3) is 6.39. The van der Waals surface area contributed by atoms with E-state index in [1.54, 1.807) is 18.2 Å². The molecular formula is C17H15BrClN3O6. The van der Waals surface area contributed by atoms with Gasteiger partial charge < -0.3 is 9.47 Å². The van der Waals surface area contributed by atoms with Gasteiger partial charge in [-0.1, -0.05) is 11.6 Å². The summed E-state index contributed by atoms with van der Waals surface area (Å²) in [6.45, 7) is 1.12. The smallest absolute Gasteiger partial charge is 0.279 e. The standard InChI is InChI=1S/C17H15BrClN3O6/c1-10(28-15-7-2-11(19)8-14(15)18)17(24)21-20-16(23)9-27-13-5-3-12(4-6-13)22(25)26/h2-8,10H,9H2,1H3,(H,20,23)(H,21,24). The summed E-state index contributed by atoms with van der Waals surface area (Å²) < 4.78 is 11.3. The highest BCUT2D eigenvalue weighted by Gasteiger charge is 2.17. The number of nitro groups is 1. The van der Waals surface area contributed by atoms with Crippen molar-refractivity contribution in [2.24, 2.45) is 0 Å². The average Bonchev–Trinajstić information content (AvgIpc) is 2.66. The van der Waals surface area contributed by atoms with E-state index in [1.165, 1.54) is 31.2 Å². The minimum Gasteiger partial charge on any atom is -0.484 e. The lowest BCUT2D eigenvalue weighted by molar-refractivity contribution is -0.384. The van der Waals surface area contributed by atoms with Crippen molar-refractivity contribution >= 4 is 45.0 Å². The second-order valence-electron chi connectivity index (χ2n) is 5.41. The molecule has 2 rings (SSSR count). The molecule has 2 amide bonds. The van der Waals surface area contributed by atoms with Gasteiger partial charge in [0.2, 0.25) is 0 Å². The minimum absolute atomic E-state index is 0.0922. The number of non-ortho nitro benzene ring substituents is 1. The second kappa shape index (κ2) is 9.90. The Morgan fingerprint density at radius 1 is 1.21 bits per heavy atom. The third-order valence-electron chi connectivity index (χ3n) is 3.31. The normalized spacial score (nSPS) is 11.2. The van der Waals surface area contributed by atoms with Gasteiger partial charge in [-0.25, -0.2) is 0 Å². The number of rotatable bonds is 7. The van der Waals surface area contributed by atoms with Crippen molar-refractivity contribution in [2.45, 2.75) is 13.0 Å². The Kier molecular flexibility index (Phi) is 7.59. The molecule has 148 valence electrons. The highest BCUT2D eigenvalue weighted by Crippen LogP contribution is 2.28. The van der Waals surface area contributed by atoms with Crippen molar-refractivity contribution in [1.82, 2.24) is 10.9 Å². The van der Waals surface area contributed by atoms with Gasteiger partial charge in [0.05, 0.1) is 9.40 Å². The maximum absolute atomic E-state index is 12.0. The van der Waals surface area contributed by atoms with Gasteiger partial charge in [-0.15, -0.1) is 0 Å². The van der Waals surface area contributed by atoms with Crippen molar-refractivity contribution in [1.29, 1.82) is 0 Å². The van der Waals surface area contributed by atoms with Gasteiger partial charge in [-0.3, -0.25) is 30.6 Å². The summed E-state index contributed by atoms with van der Waals surface area (Å²) in [7, 11) is 0. The lowest BCUT2D eigenvalue weighted by atomic mass is 10.3. The molecule has 0 aliphatic heterocycles. The van der Waals surface area contributed by atoms with Crippen LogP contribution in [-0.2, 0) is 9.59 Å². The van der Waals surface area contributed by atoms with Crippen molar-refractivity contribution < 1.29 is 24.0 Å². The summed E-state index contributed by atoms with van der Waals surface area (Å²) >= 11 is 9.12. The third-order valence-corrected chi connectivity index (χ3v) is 4.16. The quantitative estimate of drug-likeness (QED) is 0.472. The first-order chi connectivity index (χ1) is 13.3. The van der Waals surface area contributed by atoms with Crippen LogP contribution in [0.25, 0.3) is 0 Å². The Bertz CT molecular complexity index is 878. The molecular weight excluding hydrogens is 458 g/mol. The molecule has 0 radical (unpaired) electrons. The number of carbonyl (C=O) groups is 2. The highest BCUT2D eigenvalue weighted by atomic mass is 79.9. The van der Waals surface area contributed by atoms with E-state index in [0.29, 0.717) is 15.2 Å². The van der Waals surface area contributed by atoms with Crippen molar-refractivity contribution in [3.05, 3.63) is 62.1 Å². The van der Waals surface area contributed by atoms with Gasteiger partial charge in [0.15, 0.2) is 12.7 Å². The molecule has 1 atom stereocenters. The van der Waals surface area contributed by atoms with Crippen LogP contribution >= 0.6 is 27.5 Å². The number of nitrogens with zero attached hydrogens (tertiary/aromatic N) is 1. The fourth-order valence-corrected chi connectivity index (χ4v) is 2.67. The lowest BCUT2D eigenvalue weighted by Gasteiger charge is -2.16. The Labute approximate surface area is 173 Å². The van der Waals surface area contributed by atoms with Crippen LogP contribution in [0, 0.1) is 10.1 Å².